The molecule has 1 aliphatic heterocycles. The summed E-state index contributed by atoms with van der Waals surface area (Å²) >= 11 is 3.64. The quantitative estimate of drug-likeness (QED) is 0.906. The number of nitrogens with one attached hydrogen (secondary N) is 1. The van der Waals surface area contributed by atoms with E-state index in [1.165, 1.54) is 36.3 Å². The summed E-state index contributed by atoms with van der Waals surface area (Å²) in [6.07, 6.45) is 7.27. The summed E-state index contributed by atoms with van der Waals surface area (Å²) in [5, 5.41) is 5.97. The summed E-state index contributed by atoms with van der Waals surface area (Å²) in [4.78, 5) is 10.2. The zero-order valence-electron chi connectivity index (χ0n) is 11.6. The predicted octanol–water partition coefficient (Wildman–Crippen LogP) is 3.59. The van der Waals surface area contributed by atoms with Gasteiger partial charge in [-0.3, -0.25) is 4.99 Å². The predicted molar refractivity (Wildman–Crippen MR) is 83.9 cm³/mol. The van der Waals surface area contributed by atoms with Gasteiger partial charge in [0.05, 0.1) is 11.6 Å². The van der Waals surface area contributed by atoms with Gasteiger partial charge in [-0.1, -0.05) is 18.7 Å². The number of aliphatic imine (C=N–C) groups is 1. The van der Waals surface area contributed by atoms with Gasteiger partial charge in [-0.15, -0.1) is 11.3 Å². The maximum Gasteiger partial charge on any atom is 0.157 e. The molecule has 1 aliphatic carbocycles. The number of rotatable bonds is 2. The smallest absolute Gasteiger partial charge is 0.157 e. The zero-order valence-corrected chi connectivity index (χ0v) is 13.2. The molecule has 3 nitrogen and oxygen atoms in total. The van der Waals surface area contributed by atoms with Crippen molar-refractivity contribution in [1.82, 2.24) is 10.3 Å². The van der Waals surface area contributed by atoms with Gasteiger partial charge in [-0.25, -0.2) is 4.98 Å². The van der Waals surface area contributed by atoms with E-state index in [1.807, 2.05) is 24.9 Å². The summed E-state index contributed by atoms with van der Waals surface area (Å²) in [5.41, 5.74) is 0.347. The van der Waals surface area contributed by atoms with Crippen molar-refractivity contribution in [1.29, 1.82) is 0 Å². The van der Waals surface area contributed by atoms with E-state index in [9.17, 15) is 0 Å². The van der Waals surface area contributed by atoms with Gasteiger partial charge in [0.15, 0.2) is 5.17 Å². The van der Waals surface area contributed by atoms with Crippen LogP contribution in [0.5, 0.6) is 0 Å². The number of aromatic nitrogens is 1. The molecular weight excluding hydrogens is 274 g/mol. The summed E-state index contributed by atoms with van der Waals surface area (Å²) in [6.45, 7) is 5.19. The first-order valence-corrected chi connectivity index (χ1v) is 8.82. The molecule has 0 atom stereocenters. The van der Waals surface area contributed by atoms with Crippen LogP contribution in [0.2, 0.25) is 0 Å². The zero-order chi connectivity index (χ0) is 13.3. The van der Waals surface area contributed by atoms with E-state index in [-0.39, 0.29) is 0 Å². The van der Waals surface area contributed by atoms with E-state index in [0.717, 1.165) is 22.6 Å². The molecule has 104 valence electrons. The topological polar surface area (TPSA) is 37.3 Å². The summed E-state index contributed by atoms with van der Waals surface area (Å²) in [6, 6.07) is 0. The van der Waals surface area contributed by atoms with Gasteiger partial charge in [0.1, 0.15) is 0 Å². The maximum atomic E-state index is 4.71. The molecule has 3 rings (SSSR count). The SMILES string of the molecule is Cc1ncc(CN=C2NC3(CCC(C)CC3)CS2)s1. The lowest BCUT2D eigenvalue weighted by atomic mass is 9.78. The second-order valence-corrected chi connectivity index (χ2v) is 8.13. The largest absolute Gasteiger partial charge is 0.359 e. The van der Waals surface area contributed by atoms with E-state index in [4.69, 9.17) is 4.99 Å². The number of hydrogen-bond acceptors (Lipinski definition) is 4. The van der Waals surface area contributed by atoms with Crippen molar-refractivity contribution in [3.63, 3.8) is 0 Å². The highest BCUT2D eigenvalue weighted by atomic mass is 32.2. The molecule has 1 saturated carbocycles. The van der Waals surface area contributed by atoms with Crippen molar-refractivity contribution in [2.45, 2.75) is 51.6 Å². The normalized spacial score (nSPS) is 32.9. The molecule has 0 amide bonds. The Hall–Kier alpha value is -0.550. The molecule has 1 aromatic heterocycles. The van der Waals surface area contributed by atoms with E-state index in [0.29, 0.717) is 5.54 Å². The monoisotopic (exact) mass is 295 g/mol. The Morgan fingerprint density at radius 2 is 2.26 bits per heavy atom. The summed E-state index contributed by atoms with van der Waals surface area (Å²) in [7, 11) is 0. The van der Waals surface area contributed by atoms with Crippen LogP contribution in [-0.2, 0) is 6.54 Å². The fourth-order valence-electron chi connectivity index (χ4n) is 2.80. The number of hydrogen-bond donors (Lipinski definition) is 1. The molecule has 19 heavy (non-hydrogen) atoms. The van der Waals surface area contributed by atoms with Crippen molar-refractivity contribution in [3.05, 3.63) is 16.1 Å². The summed E-state index contributed by atoms with van der Waals surface area (Å²) in [5.74, 6) is 2.10. The fourth-order valence-corrected chi connectivity index (χ4v) is 4.74. The molecule has 1 saturated heterocycles. The second-order valence-electron chi connectivity index (χ2n) is 5.84. The molecule has 0 aromatic carbocycles. The Labute approximate surface area is 123 Å². The minimum absolute atomic E-state index is 0.347. The third kappa shape index (κ3) is 3.14. The van der Waals surface area contributed by atoms with Gasteiger partial charge in [-0.2, -0.15) is 0 Å². The lowest BCUT2D eigenvalue weighted by molar-refractivity contribution is 0.251. The van der Waals surface area contributed by atoms with Crippen LogP contribution in [0.3, 0.4) is 0 Å². The molecule has 2 fully saturated rings. The lowest BCUT2D eigenvalue weighted by Gasteiger charge is -2.35. The molecule has 1 spiro atoms. The molecule has 2 aliphatic rings. The molecule has 0 bridgehead atoms. The standard InChI is InChI=1S/C14H21N3S2/c1-10-3-5-14(6-4-10)9-18-13(17-14)16-8-12-7-15-11(2)19-12/h7,10H,3-6,8-9H2,1-2H3,(H,16,17). The average molecular weight is 295 g/mol. The molecule has 0 radical (unpaired) electrons. The van der Waals surface area contributed by atoms with Crippen LogP contribution >= 0.6 is 23.1 Å². The molecule has 5 heteroatoms. The van der Waals surface area contributed by atoms with Crippen LogP contribution in [0.25, 0.3) is 0 Å². The molecular formula is C14H21N3S2. The van der Waals surface area contributed by atoms with Crippen LogP contribution in [0.4, 0.5) is 0 Å². The van der Waals surface area contributed by atoms with Crippen LogP contribution in [-0.4, -0.2) is 21.4 Å². The Balaban J connectivity index is 1.59. The number of aryl methyl sites for hydroxylation is 1. The van der Waals surface area contributed by atoms with Gasteiger partial charge < -0.3 is 5.32 Å². The minimum atomic E-state index is 0.347. The second kappa shape index (κ2) is 5.44. The van der Waals surface area contributed by atoms with Crippen molar-refractivity contribution in [2.75, 3.05) is 5.75 Å². The third-order valence-electron chi connectivity index (χ3n) is 4.14. The minimum Gasteiger partial charge on any atom is -0.359 e. The van der Waals surface area contributed by atoms with Crippen LogP contribution in [0, 0.1) is 12.8 Å². The Kier molecular flexibility index (Phi) is 3.85. The first kappa shape index (κ1) is 13.4. The highest BCUT2D eigenvalue weighted by Gasteiger charge is 2.39. The van der Waals surface area contributed by atoms with Gasteiger partial charge in [0.2, 0.25) is 0 Å². The van der Waals surface area contributed by atoms with E-state index >= 15 is 0 Å². The van der Waals surface area contributed by atoms with Gasteiger partial charge in [0, 0.05) is 22.4 Å². The highest BCUT2D eigenvalue weighted by Crippen LogP contribution is 2.38. The van der Waals surface area contributed by atoms with Crippen molar-refractivity contribution >= 4 is 28.3 Å². The summed E-state index contributed by atoms with van der Waals surface area (Å²) < 4.78 is 0. The van der Waals surface area contributed by atoms with E-state index in [1.54, 1.807) is 11.3 Å². The number of nitrogens with zero attached hydrogens (tertiary/aromatic N) is 2. The van der Waals surface area contributed by atoms with E-state index in [2.05, 4.69) is 17.2 Å². The van der Waals surface area contributed by atoms with Crippen LogP contribution in [0.15, 0.2) is 11.2 Å². The fraction of sp³-hybridized carbons (Fsp3) is 0.714. The number of amidine groups is 1. The number of thioether (sulfide) groups is 1. The molecule has 1 N–H and O–H groups in total. The van der Waals surface area contributed by atoms with Gasteiger partial charge >= 0.3 is 0 Å². The maximum absolute atomic E-state index is 4.71. The Bertz CT molecular complexity index is 473. The first-order chi connectivity index (χ1) is 9.15. The highest BCUT2D eigenvalue weighted by molar-refractivity contribution is 8.14. The van der Waals surface area contributed by atoms with Crippen molar-refractivity contribution in [3.8, 4) is 0 Å². The van der Waals surface area contributed by atoms with Gasteiger partial charge in [0.25, 0.3) is 0 Å². The van der Waals surface area contributed by atoms with Crippen molar-refractivity contribution in [2.24, 2.45) is 10.9 Å². The molecule has 0 unspecified atom stereocenters. The van der Waals surface area contributed by atoms with Crippen LogP contribution < -0.4 is 5.32 Å². The number of thiazole rings is 1. The first-order valence-electron chi connectivity index (χ1n) is 7.02. The Morgan fingerprint density at radius 3 is 2.95 bits per heavy atom. The van der Waals surface area contributed by atoms with Crippen LogP contribution in [0.1, 0.15) is 42.5 Å². The lowest BCUT2D eigenvalue weighted by Crippen LogP contribution is -2.46. The molecule has 1 aromatic rings. The Morgan fingerprint density at radius 1 is 1.47 bits per heavy atom. The van der Waals surface area contributed by atoms with Gasteiger partial charge in [-0.05, 0) is 38.5 Å². The van der Waals surface area contributed by atoms with Crippen molar-refractivity contribution < 1.29 is 0 Å². The third-order valence-corrected chi connectivity index (χ3v) is 6.24. The molecule has 2 heterocycles. The average Bonchev–Trinajstić information content (AvgIpc) is 2.99. The van der Waals surface area contributed by atoms with E-state index < -0.39 is 0 Å².